The molecule has 2 fully saturated rings. The molecule has 15 heavy (non-hydrogen) atoms. The van der Waals surface area contributed by atoms with Crippen molar-refractivity contribution in [2.75, 3.05) is 26.2 Å². The van der Waals surface area contributed by atoms with E-state index < -0.39 is 0 Å². The van der Waals surface area contributed by atoms with Crippen molar-refractivity contribution in [1.29, 1.82) is 0 Å². The minimum atomic E-state index is -0.175. The van der Waals surface area contributed by atoms with E-state index in [1.54, 1.807) is 0 Å². The summed E-state index contributed by atoms with van der Waals surface area (Å²) in [6.45, 7) is 6.30. The van der Waals surface area contributed by atoms with Gasteiger partial charge in [0, 0.05) is 12.6 Å². The first-order valence-electron chi connectivity index (χ1n) is 6.39. The van der Waals surface area contributed by atoms with Crippen LogP contribution < -0.4 is 5.32 Å². The predicted octanol–water partition coefficient (Wildman–Crippen LogP) is 0.831. The van der Waals surface area contributed by atoms with Crippen LogP contribution in [0.15, 0.2) is 0 Å². The third kappa shape index (κ3) is 3.16. The van der Waals surface area contributed by atoms with Crippen molar-refractivity contribution in [3.8, 4) is 0 Å². The van der Waals surface area contributed by atoms with E-state index in [9.17, 15) is 5.11 Å². The number of piperidine rings is 1. The van der Waals surface area contributed by atoms with Crippen molar-refractivity contribution in [3.05, 3.63) is 0 Å². The smallest absolute Gasteiger partial charge is 0.0639 e. The average molecular weight is 212 g/mol. The highest BCUT2D eigenvalue weighted by Gasteiger charge is 2.28. The van der Waals surface area contributed by atoms with Crippen molar-refractivity contribution in [3.63, 3.8) is 0 Å². The molecule has 3 nitrogen and oxygen atoms in total. The minimum absolute atomic E-state index is 0.175. The summed E-state index contributed by atoms with van der Waals surface area (Å²) in [6.07, 6.45) is 5.18. The highest BCUT2D eigenvalue weighted by atomic mass is 16.3. The van der Waals surface area contributed by atoms with Crippen molar-refractivity contribution in [2.45, 2.75) is 44.8 Å². The van der Waals surface area contributed by atoms with E-state index in [1.165, 1.54) is 45.3 Å². The van der Waals surface area contributed by atoms with Crippen molar-refractivity contribution in [2.24, 2.45) is 5.92 Å². The molecule has 2 atom stereocenters. The Morgan fingerprint density at radius 1 is 1.33 bits per heavy atom. The average Bonchev–Trinajstić information content (AvgIpc) is 2.71. The number of β-amino-alcohol motifs (C(OH)–C–C–N with tert-alkyl or cyclic N) is 1. The van der Waals surface area contributed by atoms with Crippen LogP contribution in [0.25, 0.3) is 0 Å². The van der Waals surface area contributed by atoms with Gasteiger partial charge in [0.05, 0.1) is 6.10 Å². The molecular formula is C12H24N2O. The normalized spacial score (nSPS) is 32.0. The zero-order chi connectivity index (χ0) is 10.7. The third-order valence-electron chi connectivity index (χ3n) is 3.82. The fourth-order valence-corrected chi connectivity index (χ4v) is 3.03. The summed E-state index contributed by atoms with van der Waals surface area (Å²) in [4.78, 5) is 2.40. The van der Waals surface area contributed by atoms with Crippen LogP contribution in [0.4, 0.5) is 0 Å². The van der Waals surface area contributed by atoms with Crippen LogP contribution in [0.5, 0.6) is 0 Å². The molecular weight excluding hydrogens is 188 g/mol. The summed E-state index contributed by atoms with van der Waals surface area (Å²) in [5.41, 5.74) is 0. The fraction of sp³-hybridized carbons (Fsp3) is 1.00. The molecule has 0 bridgehead atoms. The summed E-state index contributed by atoms with van der Waals surface area (Å²) in [6, 6.07) is 0.790. The third-order valence-corrected chi connectivity index (χ3v) is 3.82. The number of likely N-dealkylation sites (tertiary alicyclic amines) is 1. The molecule has 0 aliphatic carbocycles. The molecule has 0 spiro atoms. The summed E-state index contributed by atoms with van der Waals surface area (Å²) < 4.78 is 0. The van der Waals surface area contributed by atoms with Gasteiger partial charge in [-0.05, 0) is 58.2 Å². The first-order chi connectivity index (χ1) is 7.25. The van der Waals surface area contributed by atoms with E-state index in [1.807, 2.05) is 6.92 Å². The van der Waals surface area contributed by atoms with E-state index in [-0.39, 0.29) is 6.10 Å². The van der Waals surface area contributed by atoms with Crippen molar-refractivity contribution in [1.82, 2.24) is 10.2 Å². The van der Waals surface area contributed by atoms with Crippen LogP contribution in [-0.4, -0.2) is 48.3 Å². The summed E-state index contributed by atoms with van der Waals surface area (Å²) in [7, 11) is 0. The van der Waals surface area contributed by atoms with Gasteiger partial charge in [-0.25, -0.2) is 0 Å². The minimum Gasteiger partial charge on any atom is -0.392 e. The number of hydrogen-bond acceptors (Lipinski definition) is 3. The number of nitrogens with one attached hydrogen (secondary N) is 1. The second-order valence-electron chi connectivity index (χ2n) is 5.19. The number of aliphatic hydroxyl groups excluding tert-OH is 1. The van der Waals surface area contributed by atoms with E-state index in [4.69, 9.17) is 0 Å². The van der Waals surface area contributed by atoms with Gasteiger partial charge >= 0.3 is 0 Å². The van der Waals surface area contributed by atoms with Gasteiger partial charge in [0.2, 0.25) is 0 Å². The van der Waals surface area contributed by atoms with Crippen molar-refractivity contribution < 1.29 is 5.11 Å². The Hall–Kier alpha value is -0.120. The maximum Gasteiger partial charge on any atom is 0.0639 e. The van der Waals surface area contributed by atoms with Gasteiger partial charge in [-0.15, -0.1) is 0 Å². The Bertz CT molecular complexity index is 182. The molecule has 3 heteroatoms. The van der Waals surface area contributed by atoms with Gasteiger partial charge in [-0.3, -0.25) is 0 Å². The van der Waals surface area contributed by atoms with Gasteiger partial charge in [-0.1, -0.05) is 0 Å². The van der Waals surface area contributed by atoms with Gasteiger partial charge in [0.1, 0.15) is 0 Å². The zero-order valence-corrected chi connectivity index (χ0v) is 9.78. The molecule has 1 unspecified atom stereocenters. The topological polar surface area (TPSA) is 35.5 Å². The van der Waals surface area contributed by atoms with Crippen LogP contribution in [-0.2, 0) is 0 Å². The first kappa shape index (κ1) is 11.4. The molecule has 2 aliphatic heterocycles. The van der Waals surface area contributed by atoms with Crippen LogP contribution in [0.2, 0.25) is 0 Å². The molecule has 2 rings (SSSR count). The zero-order valence-electron chi connectivity index (χ0n) is 9.78. The summed E-state index contributed by atoms with van der Waals surface area (Å²) in [5, 5.41) is 12.9. The standard InChI is InChI=1S/C12H24N2O/c1-10(15)9-14-7-4-11(5-8-14)12-3-2-6-13-12/h10-13,15H,2-9H2,1H3/t10-,12?/m0/s1. The van der Waals surface area contributed by atoms with Gasteiger partial charge in [0.15, 0.2) is 0 Å². The van der Waals surface area contributed by atoms with Crippen molar-refractivity contribution >= 4 is 0 Å². The number of rotatable bonds is 3. The predicted molar refractivity (Wildman–Crippen MR) is 61.9 cm³/mol. The molecule has 2 N–H and O–H groups in total. The molecule has 0 aromatic carbocycles. The van der Waals surface area contributed by atoms with E-state index in [0.29, 0.717) is 0 Å². The lowest BCUT2D eigenvalue weighted by Gasteiger charge is -2.35. The van der Waals surface area contributed by atoms with Crippen LogP contribution in [0.3, 0.4) is 0 Å². The molecule has 2 aliphatic rings. The van der Waals surface area contributed by atoms with Crippen LogP contribution in [0.1, 0.15) is 32.6 Å². The second kappa shape index (κ2) is 5.28. The molecule has 0 amide bonds. The molecule has 0 aromatic heterocycles. The molecule has 2 heterocycles. The van der Waals surface area contributed by atoms with Gasteiger partial charge in [-0.2, -0.15) is 0 Å². The lowest BCUT2D eigenvalue weighted by molar-refractivity contribution is 0.0938. The maximum absolute atomic E-state index is 9.33. The van der Waals surface area contributed by atoms with E-state index in [0.717, 1.165) is 18.5 Å². The Kier molecular flexibility index (Phi) is 4.00. The molecule has 0 saturated carbocycles. The Balaban J connectivity index is 1.71. The summed E-state index contributed by atoms with van der Waals surface area (Å²) in [5.74, 6) is 0.887. The lowest BCUT2D eigenvalue weighted by Crippen LogP contribution is -2.42. The Morgan fingerprint density at radius 2 is 2.07 bits per heavy atom. The fourth-order valence-electron chi connectivity index (χ4n) is 3.03. The molecule has 0 aromatic rings. The number of nitrogens with zero attached hydrogens (tertiary/aromatic N) is 1. The lowest BCUT2D eigenvalue weighted by atomic mass is 9.88. The Morgan fingerprint density at radius 3 is 2.60 bits per heavy atom. The highest BCUT2D eigenvalue weighted by Crippen LogP contribution is 2.25. The largest absolute Gasteiger partial charge is 0.392 e. The van der Waals surface area contributed by atoms with Crippen LogP contribution in [0, 0.1) is 5.92 Å². The first-order valence-corrected chi connectivity index (χ1v) is 6.39. The van der Waals surface area contributed by atoms with Crippen LogP contribution >= 0.6 is 0 Å². The van der Waals surface area contributed by atoms with E-state index in [2.05, 4.69) is 10.2 Å². The summed E-state index contributed by atoms with van der Waals surface area (Å²) >= 11 is 0. The quantitative estimate of drug-likeness (QED) is 0.727. The second-order valence-corrected chi connectivity index (χ2v) is 5.19. The maximum atomic E-state index is 9.33. The molecule has 2 saturated heterocycles. The highest BCUT2D eigenvalue weighted by molar-refractivity contribution is 4.85. The van der Waals surface area contributed by atoms with E-state index >= 15 is 0 Å². The number of hydrogen-bond donors (Lipinski definition) is 2. The Labute approximate surface area is 92.8 Å². The van der Waals surface area contributed by atoms with Gasteiger partial charge in [0.25, 0.3) is 0 Å². The molecule has 88 valence electrons. The monoisotopic (exact) mass is 212 g/mol. The SMILES string of the molecule is C[C@H](O)CN1CCC(C2CCCN2)CC1. The number of aliphatic hydroxyl groups is 1. The van der Waals surface area contributed by atoms with Gasteiger partial charge < -0.3 is 15.3 Å². The molecule has 0 radical (unpaired) electrons.